The number of carbonyl (C=O) groups excluding carboxylic acids is 1. The van der Waals surface area contributed by atoms with Crippen LogP contribution >= 0.6 is 0 Å². The van der Waals surface area contributed by atoms with Gasteiger partial charge < -0.3 is 16.2 Å². The Hall–Kier alpha value is -2.92. The topological polar surface area (TPSA) is 92.4 Å². The second-order valence-corrected chi connectivity index (χ2v) is 7.08. The molecule has 142 valence electrons. The van der Waals surface area contributed by atoms with E-state index in [-0.39, 0.29) is 12.8 Å². The molecule has 2 atom stereocenters. The largest absolute Gasteiger partial charge is 0.479 e. The summed E-state index contributed by atoms with van der Waals surface area (Å²) >= 11 is 0. The van der Waals surface area contributed by atoms with E-state index < -0.39 is 23.0 Å². The number of carboxylic acids is 1. The van der Waals surface area contributed by atoms with E-state index >= 15 is 0 Å². The van der Waals surface area contributed by atoms with Crippen molar-refractivity contribution in [3.8, 4) is 0 Å². The first-order chi connectivity index (χ1) is 12.8. The Morgan fingerprint density at radius 3 is 1.96 bits per heavy atom. The van der Waals surface area contributed by atoms with Gasteiger partial charge in [-0.2, -0.15) is 0 Å². The summed E-state index contributed by atoms with van der Waals surface area (Å²) in [5.41, 5.74) is 5.22. The summed E-state index contributed by atoms with van der Waals surface area (Å²) in [6, 6.07) is 18.6. The van der Waals surface area contributed by atoms with Crippen LogP contribution in [0.1, 0.15) is 24.5 Å². The van der Waals surface area contributed by atoms with Crippen LogP contribution in [0.4, 0.5) is 0 Å². The van der Waals surface area contributed by atoms with E-state index in [1.165, 1.54) is 6.08 Å². The minimum absolute atomic E-state index is 0.0877. The second kappa shape index (κ2) is 8.64. The van der Waals surface area contributed by atoms with Gasteiger partial charge in [-0.05, 0) is 30.9 Å². The van der Waals surface area contributed by atoms with Crippen molar-refractivity contribution >= 4 is 11.9 Å². The molecule has 27 heavy (non-hydrogen) atoms. The van der Waals surface area contributed by atoms with E-state index in [2.05, 4.69) is 11.9 Å². The Balaban J connectivity index is 2.26. The lowest BCUT2D eigenvalue weighted by Gasteiger charge is -2.34. The zero-order chi connectivity index (χ0) is 19.9. The molecule has 0 fully saturated rings. The van der Waals surface area contributed by atoms with Gasteiger partial charge in [0.25, 0.3) is 0 Å². The van der Waals surface area contributed by atoms with Gasteiger partial charge in [-0.25, -0.2) is 4.79 Å². The maximum atomic E-state index is 12.9. The lowest BCUT2D eigenvalue weighted by atomic mass is 9.85. The summed E-state index contributed by atoms with van der Waals surface area (Å²) in [5.74, 6) is -1.62. The molecule has 1 amide bonds. The summed E-state index contributed by atoms with van der Waals surface area (Å²) in [4.78, 5) is 25.1. The van der Waals surface area contributed by atoms with Crippen LogP contribution in [-0.2, 0) is 22.4 Å². The molecule has 0 saturated carbocycles. The molecule has 0 unspecified atom stereocenters. The standard InChI is InChI=1S/C22H26N2O3/c1-3-14-22(20(26)27,16-18-12-8-5-9-13-18)24-19(25)21(2,23)15-17-10-6-4-7-11-17/h3-13H,1,14-16,23H2,2H3,(H,24,25)(H,26,27)/t21-,22-/m0/s1. The van der Waals surface area contributed by atoms with Crippen molar-refractivity contribution in [2.75, 3.05) is 0 Å². The zero-order valence-electron chi connectivity index (χ0n) is 15.5. The van der Waals surface area contributed by atoms with Crippen LogP contribution in [0.2, 0.25) is 0 Å². The number of carbonyl (C=O) groups is 2. The Kier molecular flexibility index (Phi) is 6.53. The number of hydrogen-bond donors (Lipinski definition) is 3. The number of carboxylic acid groups (broad SMARTS) is 1. The summed E-state index contributed by atoms with van der Waals surface area (Å²) in [7, 11) is 0. The van der Waals surface area contributed by atoms with Crippen LogP contribution in [0, 0.1) is 0 Å². The highest BCUT2D eigenvalue weighted by Crippen LogP contribution is 2.21. The van der Waals surface area contributed by atoms with Crippen LogP contribution in [-0.4, -0.2) is 28.1 Å². The van der Waals surface area contributed by atoms with Crippen molar-refractivity contribution < 1.29 is 14.7 Å². The third kappa shape index (κ3) is 5.28. The molecule has 2 rings (SSSR count). The normalized spacial score (nSPS) is 15.2. The summed E-state index contributed by atoms with van der Waals surface area (Å²) in [6.45, 7) is 5.27. The molecule has 0 aliphatic carbocycles. The number of aliphatic carboxylic acids is 1. The average Bonchev–Trinajstić information content (AvgIpc) is 2.63. The first-order valence-corrected chi connectivity index (χ1v) is 8.83. The van der Waals surface area contributed by atoms with Gasteiger partial charge in [0.2, 0.25) is 5.91 Å². The molecule has 0 spiro atoms. The summed E-state index contributed by atoms with van der Waals surface area (Å²) in [6.07, 6.45) is 2.03. The second-order valence-electron chi connectivity index (χ2n) is 7.08. The third-order valence-corrected chi connectivity index (χ3v) is 4.54. The average molecular weight is 366 g/mol. The van der Waals surface area contributed by atoms with Crippen molar-refractivity contribution in [2.45, 2.75) is 37.3 Å². The van der Waals surface area contributed by atoms with Crippen LogP contribution < -0.4 is 11.1 Å². The van der Waals surface area contributed by atoms with Crippen molar-refractivity contribution in [3.63, 3.8) is 0 Å². The molecule has 4 N–H and O–H groups in total. The molecule has 5 nitrogen and oxygen atoms in total. The maximum Gasteiger partial charge on any atom is 0.330 e. The van der Waals surface area contributed by atoms with Gasteiger partial charge in [0.15, 0.2) is 0 Å². The van der Waals surface area contributed by atoms with E-state index in [0.29, 0.717) is 6.42 Å². The number of nitrogens with two attached hydrogens (primary N) is 1. The van der Waals surface area contributed by atoms with Crippen LogP contribution in [0.25, 0.3) is 0 Å². The molecular formula is C22H26N2O3. The van der Waals surface area contributed by atoms with Crippen molar-refractivity contribution in [3.05, 3.63) is 84.4 Å². The third-order valence-electron chi connectivity index (χ3n) is 4.54. The van der Waals surface area contributed by atoms with Crippen molar-refractivity contribution in [1.82, 2.24) is 5.32 Å². The minimum Gasteiger partial charge on any atom is -0.479 e. The van der Waals surface area contributed by atoms with Gasteiger partial charge in [0.1, 0.15) is 5.54 Å². The van der Waals surface area contributed by atoms with E-state index in [4.69, 9.17) is 5.73 Å². The Morgan fingerprint density at radius 2 is 1.52 bits per heavy atom. The molecule has 0 heterocycles. The van der Waals surface area contributed by atoms with Gasteiger partial charge in [-0.1, -0.05) is 66.7 Å². The summed E-state index contributed by atoms with van der Waals surface area (Å²) in [5, 5.41) is 12.6. The van der Waals surface area contributed by atoms with E-state index in [9.17, 15) is 14.7 Å². The van der Waals surface area contributed by atoms with Gasteiger partial charge in [0.05, 0.1) is 5.54 Å². The highest BCUT2D eigenvalue weighted by atomic mass is 16.4. The molecule has 0 radical (unpaired) electrons. The van der Waals surface area contributed by atoms with Crippen molar-refractivity contribution in [2.24, 2.45) is 5.73 Å². The molecule has 0 aliphatic rings. The molecular weight excluding hydrogens is 340 g/mol. The predicted octanol–water partition coefficient (Wildman–Crippen LogP) is 2.70. The predicted molar refractivity (Wildman–Crippen MR) is 106 cm³/mol. The Bertz CT molecular complexity index is 788. The number of hydrogen-bond acceptors (Lipinski definition) is 3. The van der Waals surface area contributed by atoms with Gasteiger partial charge in [-0.15, -0.1) is 6.58 Å². The van der Waals surface area contributed by atoms with E-state index in [0.717, 1.165) is 11.1 Å². The molecule has 2 aromatic carbocycles. The zero-order valence-corrected chi connectivity index (χ0v) is 15.5. The molecule has 0 bridgehead atoms. The van der Waals surface area contributed by atoms with Crippen LogP contribution in [0.3, 0.4) is 0 Å². The number of amides is 1. The summed E-state index contributed by atoms with van der Waals surface area (Å²) < 4.78 is 0. The lowest BCUT2D eigenvalue weighted by molar-refractivity contribution is -0.148. The van der Waals surface area contributed by atoms with Crippen LogP contribution in [0.15, 0.2) is 73.3 Å². The van der Waals surface area contributed by atoms with Gasteiger partial charge in [0, 0.05) is 6.42 Å². The first-order valence-electron chi connectivity index (χ1n) is 8.83. The molecule has 0 aliphatic heterocycles. The molecule has 0 aromatic heterocycles. The lowest BCUT2D eigenvalue weighted by Crippen LogP contribution is -2.63. The number of nitrogens with one attached hydrogen (secondary N) is 1. The minimum atomic E-state index is -1.50. The van der Waals surface area contributed by atoms with Gasteiger partial charge in [-0.3, -0.25) is 4.79 Å². The number of benzene rings is 2. The highest BCUT2D eigenvalue weighted by Gasteiger charge is 2.42. The van der Waals surface area contributed by atoms with Crippen molar-refractivity contribution in [1.29, 1.82) is 0 Å². The quantitative estimate of drug-likeness (QED) is 0.595. The molecule has 2 aromatic rings. The fourth-order valence-electron chi connectivity index (χ4n) is 3.03. The first kappa shape index (κ1) is 20.4. The monoisotopic (exact) mass is 366 g/mol. The SMILES string of the molecule is C=CC[C@@](Cc1ccccc1)(NC(=O)[C@@](C)(N)Cc1ccccc1)C(=O)O. The highest BCUT2D eigenvalue weighted by molar-refractivity contribution is 5.92. The Morgan fingerprint density at radius 1 is 1.04 bits per heavy atom. The van der Waals surface area contributed by atoms with E-state index in [1.807, 2.05) is 60.7 Å². The van der Waals surface area contributed by atoms with Crippen LogP contribution in [0.5, 0.6) is 0 Å². The van der Waals surface area contributed by atoms with Gasteiger partial charge >= 0.3 is 5.97 Å². The van der Waals surface area contributed by atoms with E-state index in [1.54, 1.807) is 6.92 Å². The number of rotatable bonds is 9. The fraction of sp³-hybridized carbons (Fsp3) is 0.273. The smallest absolute Gasteiger partial charge is 0.330 e. The fourth-order valence-corrected chi connectivity index (χ4v) is 3.03. The maximum absolute atomic E-state index is 12.9. The molecule has 0 saturated heterocycles. The Labute approximate surface area is 159 Å². The molecule has 5 heteroatoms.